The number of carbonyl (C=O) groups is 1. The third kappa shape index (κ3) is 4.77. The molecule has 0 aliphatic rings. The Balaban J connectivity index is 1.91. The molecule has 7 nitrogen and oxygen atoms in total. The number of aryl methyl sites for hydroxylation is 1. The van der Waals surface area contributed by atoms with Crippen molar-refractivity contribution in [3.8, 4) is 11.3 Å². The van der Waals surface area contributed by atoms with Crippen molar-refractivity contribution in [2.24, 2.45) is 0 Å². The van der Waals surface area contributed by atoms with Crippen molar-refractivity contribution in [3.63, 3.8) is 0 Å². The first-order valence-corrected chi connectivity index (χ1v) is 8.60. The molecule has 2 heterocycles. The van der Waals surface area contributed by atoms with Crippen LogP contribution >= 0.6 is 11.6 Å². The minimum atomic E-state index is -4.63. The van der Waals surface area contributed by atoms with Crippen LogP contribution in [0.2, 0.25) is 5.28 Å². The van der Waals surface area contributed by atoms with Crippen LogP contribution in [0.4, 0.5) is 24.7 Å². The number of aromatic nitrogens is 4. The molecule has 1 amide bonds. The Kier molecular flexibility index (Phi) is 5.64. The van der Waals surface area contributed by atoms with Crippen LogP contribution in [-0.4, -0.2) is 33.1 Å². The average molecular weight is 423 g/mol. The minimum absolute atomic E-state index is 0.0416. The van der Waals surface area contributed by atoms with Crippen molar-refractivity contribution < 1.29 is 18.0 Å². The summed E-state index contributed by atoms with van der Waals surface area (Å²) in [6, 6.07) is 7.29. The van der Waals surface area contributed by atoms with Gasteiger partial charge in [0.05, 0.1) is 17.5 Å². The van der Waals surface area contributed by atoms with E-state index in [4.69, 9.17) is 11.6 Å². The fourth-order valence-corrected chi connectivity index (χ4v) is 2.67. The van der Waals surface area contributed by atoms with E-state index in [0.717, 1.165) is 5.56 Å². The monoisotopic (exact) mass is 422 g/mol. The number of alkyl halides is 3. The standard InChI is InChI=1S/C18H14ClF3N6O/c1-9-3-4-11(6-12(9)13-7-15(23-2)27-17(19)26-13)25-16(29)14-5-10(8-24-28-14)18(20,21)22/h3-8H,1-2H3,(H,25,29)(H,23,26,27). The summed E-state index contributed by atoms with van der Waals surface area (Å²) in [7, 11) is 1.68. The minimum Gasteiger partial charge on any atom is -0.373 e. The molecule has 0 aliphatic heterocycles. The van der Waals surface area contributed by atoms with Crippen LogP contribution < -0.4 is 10.6 Å². The zero-order chi connectivity index (χ0) is 21.2. The lowest BCUT2D eigenvalue weighted by Crippen LogP contribution is -2.16. The topological polar surface area (TPSA) is 92.7 Å². The zero-order valence-electron chi connectivity index (χ0n) is 15.2. The first-order chi connectivity index (χ1) is 13.7. The zero-order valence-corrected chi connectivity index (χ0v) is 15.9. The summed E-state index contributed by atoms with van der Waals surface area (Å²) >= 11 is 5.95. The molecule has 2 N–H and O–H groups in total. The first-order valence-electron chi connectivity index (χ1n) is 8.22. The highest BCUT2D eigenvalue weighted by molar-refractivity contribution is 6.28. The van der Waals surface area contributed by atoms with Crippen molar-refractivity contribution in [1.82, 2.24) is 20.2 Å². The van der Waals surface area contributed by atoms with E-state index >= 15 is 0 Å². The third-order valence-corrected chi connectivity index (χ3v) is 4.11. The van der Waals surface area contributed by atoms with E-state index < -0.39 is 23.3 Å². The summed E-state index contributed by atoms with van der Waals surface area (Å²) in [6.45, 7) is 1.84. The molecule has 0 saturated heterocycles. The number of hydrogen-bond acceptors (Lipinski definition) is 6. The molecule has 29 heavy (non-hydrogen) atoms. The van der Waals surface area contributed by atoms with Crippen molar-refractivity contribution >= 4 is 29.0 Å². The average Bonchev–Trinajstić information content (AvgIpc) is 2.68. The van der Waals surface area contributed by atoms with E-state index in [1.54, 1.807) is 31.3 Å². The highest BCUT2D eigenvalue weighted by Gasteiger charge is 2.32. The lowest BCUT2D eigenvalue weighted by atomic mass is 10.0. The van der Waals surface area contributed by atoms with Gasteiger partial charge in [-0.1, -0.05) is 6.07 Å². The van der Waals surface area contributed by atoms with Gasteiger partial charge in [-0.3, -0.25) is 4.79 Å². The molecule has 0 aliphatic carbocycles. The van der Waals surface area contributed by atoms with E-state index in [-0.39, 0.29) is 5.28 Å². The van der Waals surface area contributed by atoms with Crippen molar-refractivity contribution in [2.45, 2.75) is 13.1 Å². The molecule has 0 bridgehead atoms. The molecule has 0 spiro atoms. The highest BCUT2D eigenvalue weighted by atomic mass is 35.5. The maximum absolute atomic E-state index is 12.8. The maximum atomic E-state index is 12.8. The molecule has 0 unspecified atom stereocenters. The number of hydrogen-bond donors (Lipinski definition) is 2. The lowest BCUT2D eigenvalue weighted by molar-refractivity contribution is -0.137. The first kappa shape index (κ1) is 20.5. The van der Waals surface area contributed by atoms with Crippen LogP contribution in [-0.2, 0) is 6.18 Å². The lowest BCUT2D eigenvalue weighted by Gasteiger charge is -2.11. The van der Waals surface area contributed by atoms with Crippen LogP contribution in [0.3, 0.4) is 0 Å². The van der Waals surface area contributed by atoms with Gasteiger partial charge in [-0.15, -0.1) is 5.10 Å². The Labute approximate surface area is 168 Å². The van der Waals surface area contributed by atoms with Gasteiger partial charge in [0.15, 0.2) is 5.69 Å². The Morgan fingerprint density at radius 3 is 2.59 bits per heavy atom. The van der Waals surface area contributed by atoms with Gasteiger partial charge in [-0.25, -0.2) is 9.97 Å². The highest BCUT2D eigenvalue weighted by Crippen LogP contribution is 2.29. The molecule has 3 rings (SSSR count). The van der Waals surface area contributed by atoms with Gasteiger partial charge in [0.25, 0.3) is 5.91 Å². The fraction of sp³-hybridized carbons (Fsp3) is 0.167. The summed E-state index contributed by atoms with van der Waals surface area (Å²) in [6.07, 6.45) is -4.07. The second-order valence-electron chi connectivity index (χ2n) is 5.97. The van der Waals surface area contributed by atoms with Crippen LogP contribution in [0.15, 0.2) is 36.5 Å². The second-order valence-corrected chi connectivity index (χ2v) is 6.31. The number of carbonyl (C=O) groups excluding carboxylic acids is 1. The summed E-state index contributed by atoms with van der Waals surface area (Å²) in [5.74, 6) is -0.317. The van der Waals surface area contributed by atoms with Crippen molar-refractivity contribution in [1.29, 1.82) is 0 Å². The van der Waals surface area contributed by atoms with Gasteiger partial charge in [0, 0.05) is 24.4 Å². The molecule has 0 radical (unpaired) electrons. The summed E-state index contributed by atoms with van der Waals surface area (Å²) < 4.78 is 38.4. The second kappa shape index (κ2) is 8.00. The van der Waals surface area contributed by atoms with Gasteiger partial charge in [-0.2, -0.15) is 18.3 Å². The molecule has 1 aromatic carbocycles. The number of halogens is 4. The summed E-state index contributed by atoms with van der Waals surface area (Å²) in [5.41, 5.74) is 0.858. The Morgan fingerprint density at radius 2 is 1.90 bits per heavy atom. The van der Waals surface area contributed by atoms with E-state index in [2.05, 4.69) is 30.8 Å². The normalized spacial score (nSPS) is 11.2. The molecule has 11 heteroatoms. The van der Waals surface area contributed by atoms with Gasteiger partial charge in [0.2, 0.25) is 5.28 Å². The molecule has 0 atom stereocenters. The number of nitrogens with one attached hydrogen (secondary N) is 2. The molecule has 3 aromatic rings. The Morgan fingerprint density at radius 1 is 1.14 bits per heavy atom. The van der Waals surface area contributed by atoms with Gasteiger partial charge in [0.1, 0.15) is 5.82 Å². The van der Waals surface area contributed by atoms with Gasteiger partial charge < -0.3 is 10.6 Å². The third-order valence-electron chi connectivity index (χ3n) is 3.94. The number of nitrogens with zero attached hydrogens (tertiary/aromatic N) is 4. The predicted octanol–water partition coefficient (Wildman–Crippen LogP) is 4.21. The van der Waals surface area contributed by atoms with Gasteiger partial charge >= 0.3 is 6.18 Å². The quantitative estimate of drug-likeness (QED) is 0.612. The maximum Gasteiger partial charge on any atom is 0.418 e. The predicted molar refractivity (Wildman–Crippen MR) is 102 cm³/mol. The van der Waals surface area contributed by atoms with Crippen molar-refractivity contribution in [3.05, 3.63) is 58.6 Å². The van der Waals surface area contributed by atoms with E-state index in [9.17, 15) is 18.0 Å². The van der Waals surface area contributed by atoms with E-state index in [1.807, 2.05) is 6.92 Å². The smallest absolute Gasteiger partial charge is 0.373 e. The van der Waals surface area contributed by atoms with E-state index in [0.29, 0.717) is 35.0 Å². The van der Waals surface area contributed by atoms with Crippen LogP contribution in [0, 0.1) is 6.92 Å². The molecular formula is C18H14ClF3N6O. The number of benzene rings is 1. The largest absolute Gasteiger partial charge is 0.418 e. The molecule has 2 aromatic heterocycles. The molecular weight excluding hydrogens is 409 g/mol. The Hall–Kier alpha value is -3.27. The summed E-state index contributed by atoms with van der Waals surface area (Å²) in [5, 5.41) is 12.2. The number of anilines is 2. The van der Waals surface area contributed by atoms with Crippen LogP contribution in [0.5, 0.6) is 0 Å². The van der Waals surface area contributed by atoms with Crippen LogP contribution in [0.1, 0.15) is 21.6 Å². The number of rotatable bonds is 4. The molecule has 0 fully saturated rings. The van der Waals surface area contributed by atoms with Crippen molar-refractivity contribution in [2.75, 3.05) is 17.7 Å². The summed E-state index contributed by atoms with van der Waals surface area (Å²) in [4.78, 5) is 20.5. The SMILES string of the molecule is CNc1cc(-c2cc(NC(=O)c3cc(C(F)(F)F)cnn3)ccc2C)nc(Cl)n1. The van der Waals surface area contributed by atoms with Gasteiger partial charge in [-0.05, 0) is 42.3 Å². The Bertz CT molecular complexity index is 1070. The molecule has 0 saturated carbocycles. The fourth-order valence-electron chi connectivity index (χ4n) is 2.49. The van der Waals surface area contributed by atoms with E-state index in [1.165, 1.54) is 0 Å². The number of amides is 1. The molecule has 150 valence electrons. The van der Waals surface area contributed by atoms with Crippen LogP contribution in [0.25, 0.3) is 11.3 Å².